The molecule has 0 aliphatic heterocycles. The third-order valence-corrected chi connectivity index (χ3v) is 3.58. The van der Waals surface area contributed by atoms with Crippen LogP contribution in [0, 0.1) is 12.8 Å². The van der Waals surface area contributed by atoms with Gasteiger partial charge in [-0.1, -0.05) is 0 Å². The molecule has 0 spiro atoms. The van der Waals surface area contributed by atoms with Gasteiger partial charge in [-0.25, -0.2) is 4.98 Å². The van der Waals surface area contributed by atoms with Gasteiger partial charge in [0.05, 0.1) is 11.8 Å². The average molecular weight is 235 g/mol. The molecule has 0 aromatic carbocycles. The Bertz CT molecular complexity index is 373. The monoisotopic (exact) mass is 235 g/mol. The standard InChI is InChI=1S/C13H21N3O/c1-9-6-7-15-13(12(9)14)16-8-10-2-4-11(17)5-3-10/h6-7,10-11,17H,2-5,8,14H2,1H3,(H,15,16). The zero-order valence-corrected chi connectivity index (χ0v) is 10.3. The number of nitrogens with zero attached hydrogens (tertiary/aromatic N) is 1. The van der Waals surface area contributed by atoms with Crippen molar-refractivity contribution in [3.8, 4) is 0 Å². The smallest absolute Gasteiger partial charge is 0.149 e. The van der Waals surface area contributed by atoms with Crippen LogP contribution in [-0.2, 0) is 0 Å². The van der Waals surface area contributed by atoms with Crippen LogP contribution in [0.3, 0.4) is 0 Å². The van der Waals surface area contributed by atoms with Gasteiger partial charge >= 0.3 is 0 Å². The Labute approximate surface area is 102 Å². The number of rotatable bonds is 3. The van der Waals surface area contributed by atoms with Crippen molar-refractivity contribution in [1.29, 1.82) is 0 Å². The van der Waals surface area contributed by atoms with Crippen molar-refractivity contribution in [2.45, 2.75) is 38.7 Å². The fourth-order valence-electron chi connectivity index (χ4n) is 2.30. The van der Waals surface area contributed by atoms with E-state index in [-0.39, 0.29) is 6.10 Å². The first-order chi connectivity index (χ1) is 8.16. The van der Waals surface area contributed by atoms with E-state index in [0.29, 0.717) is 5.92 Å². The molecule has 4 nitrogen and oxygen atoms in total. The highest BCUT2D eigenvalue weighted by molar-refractivity contribution is 5.64. The van der Waals surface area contributed by atoms with Gasteiger partial charge in [-0.05, 0) is 50.2 Å². The number of aliphatic hydroxyl groups excluding tert-OH is 1. The second-order valence-corrected chi connectivity index (χ2v) is 4.95. The SMILES string of the molecule is Cc1ccnc(NCC2CCC(O)CC2)c1N. The van der Waals surface area contributed by atoms with Crippen LogP contribution in [0.25, 0.3) is 0 Å². The largest absolute Gasteiger partial charge is 0.396 e. The second-order valence-electron chi connectivity index (χ2n) is 4.95. The van der Waals surface area contributed by atoms with Crippen LogP contribution in [0.4, 0.5) is 11.5 Å². The summed E-state index contributed by atoms with van der Waals surface area (Å²) in [6, 6.07) is 1.91. The van der Waals surface area contributed by atoms with Crippen molar-refractivity contribution in [2.24, 2.45) is 5.92 Å². The number of hydrogen-bond donors (Lipinski definition) is 3. The van der Waals surface area contributed by atoms with Crippen molar-refractivity contribution in [3.05, 3.63) is 17.8 Å². The number of pyridine rings is 1. The summed E-state index contributed by atoms with van der Waals surface area (Å²) in [6.07, 6.45) is 5.69. The predicted molar refractivity (Wildman–Crippen MR) is 69.8 cm³/mol. The summed E-state index contributed by atoms with van der Waals surface area (Å²) in [6.45, 7) is 2.88. The minimum Gasteiger partial charge on any atom is -0.396 e. The van der Waals surface area contributed by atoms with Gasteiger partial charge in [-0.3, -0.25) is 0 Å². The molecule has 1 aliphatic carbocycles. The van der Waals surface area contributed by atoms with E-state index in [9.17, 15) is 5.11 Å². The quantitative estimate of drug-likeness (QED) is 0.748. The van der Waals surface area contributed by atoms with Gasteiger partial charge in [-0.2, -0.15) is 0 Å². The van der Waals surface area contributed by atoms with Crippen LogP contribution in [0.1, 0.15) is 31.2 Å². The number of aliphatic hydroxyl groups is 1. The highest BCUT2D eigenvalue weighted by atomic mass is 16.3. The van der Waals surface area contributed by atoms with Gasteiger partial charge in [0.25, 0.3) is 0 Å². The molecule has 0 unspecified atom stereocenters. The molecular formula is C13H21N3O. The summed E-state index contributed by atoms with van der Waals surface area (Å²) in [5.41, 5.74) is 7.75. The molecule has 4 heteroatoms. The summed E-state index contributed by atoms with van der Waals surface area (Å²) in [5.74, 6) is 1.41. The average Bonchev–Trinajstić information content (AvgIpc) is 2.33. The van der Waals surface area contributed by atoms with E-state index in [1.807, 2.05) is 13.0 Å². The fourth-order valence-corrected chi connectivity index (χ4v) is 2.30. The van der Waals surface area contributed by atoms with E-state index in [1.165, 1.54) is 0 Å². The molecule has 0 radical (unpaired) electrons. The van der Waals surface area contributed by atoms with Crippen LogP contribution >= 0.6 is 0 Å². The van der Waals surface area contributed by atoms with Crippen LogP contribution in [0.15, 0.2) is 12.3 Å². The van der Waals surface area contributed by atoms with Crippen molar-refractivity contribution in [3.63, 3.8) is 0 Å². The lowest BCUT2D eigenvalue weighted by Crippen LogP contribution is -2.24. The van der Waals surface area contributed by atoms with E-state index in [4.69, 9.17) is 5.73 Å². The third-order valence-electron chi connectivity index (χ3n) is 3.58. The number of nitrogens with two attached hydrogens (primary N) is 1. The first-order valence-electron chi connectivity index (χ1n) is 6.30. The molecular weight excluding hydrogens is 214 g/mol. The molecule has 1 heterocycles. The molecule has 1 fully saturated rings. The van der Waals surface area contributed by atoms with Crippen LogP contribution in [-0.4, -0.2) is 22.7 Å². The molecule has 17 heavy (non-hydrogen) atoms. The number of anilines is 2. The van der Waals surface area contributed by atoms with E-state index >= 15 is 0 Å². The highest BCUT2D eigenvalue weighted by Gasteiger charge is 2.19. The van der Waals surface area contributed by atoms with E-state index in [1.54, 1.807) is 6.20 Å². The molecule has 1 aromatic rings. The Hall–Kier alpha value is -1.29. The number of nitrogens with one attached hydrogen (secondary N) is 1. The molecule has 1 saturated carbocycles. The zero-order valence-electron chi connectivity index (χ0n) is 10.3. The number of aryl methyl sites for hydroxylation is 1. The minimum atomic E-state index is -0.0894. The second kappa shape index (κ2) is 5.36. The topological polar surface area (TPSA) is 71.2 Å². The van der Waals surface area contributed by atoms with Crippen molar-refractivity contribution in [1.82, 2.24) is 4.98 Å². The number of aromatic nitrogens is 1. The Morgan fingerprint density at radius 3 is 2.82 bits per heavy atom. The molecule has 2 rings (SSSR count). The maximum absolute atomic E-state index is 9.44. The van der Waals surface area contributed by atoms with Crippen LogP contribution < -0.4 is 11.1 Å². The Morgan fingerprint density at radius 2 is 2.12 bits per heavy atom. The minimum absolute atomic E-state index is 0.0894. The molecule has 94 valence electrons. The first-order valence-corrected chi connectivity index (χ1v) is 6.30. The Balaban J connectivity index is 1.87. The number of nitrogen functional groups attached to an aromatic ring is 1. The maximum atomic E-state index is 9.44. The van der Waals surface area contributed by atoms with Gasteiger partial charge in [0, 0.05) is 12.7 Å². The zero-order chi connectivity index (χ0) is 12.3. The van der Waals surface area contributed by atoms with Crippen molar-refractivity contribution < 1.29 is 5.11 Å². The maximum Gasteiger partial charge on any atom is 0.149 e. The fraction of sp³-hybridized carbons (Fsp3) is 0.615. The van der Waals surface area contributed by atoms with E-state index < -0.39 is 0 Å². The Kier molecular flexibility index (Phi) is 3.84. The summed E-state index contributed by atoms with van der Waals surface area (Å²) < 4.78 is 0. The molecule has 0 amide bonds. The van der Waals surface area contributed by atoms with Crippen LogP contribution in [0.5, 0.6) is 0 Å². The van der Waals surface area contributed by atoms with Gasteiger partial charge in [0.2, 0.25) is 0 Å². The molecule has 1 aromatic heterocycles. The number of hydrogen-bond acceptors (Lipinski definition) is 4. The molecule has 1 aliphatic rings. The van der Waals surface area contributed by atoms with Crippen LogP contribution in [0.2, 0.25) is 0 Å². The third kappa shape index (κ3) is 3.09. The van der Waals surface area contributed by atoms with E-state index in [2.05, 4.69) is 10.3 Å². The molecule has 0 saturated heterocycles. The van der Waals surface area contributed by atoms with Crippen molar-refractivity contribution >= 4 is 11.5 Å². The first kappa shape index (κ1) is 12.2. The molecule has 0 bridgehead atoms. The normalized spacial score (nSPS) is 24.6. The lowest BCUT2D eigenvalue weighted by molar-refractivity contribution is 0.111. The van der Waals surface area contributed by atoms with Gasteiger partial charge in [-0.15, -0.1) is 0 Å². The van der Waals surface area contributed by atoms with E-state index in [0.717, 1.165) is 49.3 Å². The van der Waals surface area contributed by atoms with Gasteiger partial charge < -0.3 is 16.2 Å². The van der Waals surface area contributed by atoms with Crippen molar-refractivity contribution in [2.75, 3.05) is 17.6 Å². The predicted octanol–water partition coefficient (Wildman–Crippen LogP) is 1.94. The summed E-state index contributed by atoms with van der Waals surface area (Å²) >= 11 is 0. The lowest BCUT2D eigenvalue weighted by Gasteiger charge is -2.25. The lowest BCUT2D eigenvalue weighted by atomic mass is 9.87. The summed E-state index contributed by atoms with van der Waals surface area (Å²) in [7, 11) is 0. The molecule has 4 N–H and O–H groups in total. The Morgan fingerprint density at radius 1 is 1.41 bits per heavy atom. The molecule has 0 atom stereocenters. The van der Waals surface area contributed by atoms with Gasteiger partial charge in [0.1, 0.15) is 5.82 Å². The van der Waals surface area contributed by atoms with Gasteiger partial charge in [0.15, 0.2) is 0 Å². The summed E-state index contributed by atoms with van der Waals surface area (Å²) in [5, 5.41) is 12.8. The highest BCUT2D eigenvalue weighted by Crippen LogP contribution is 2.25. The summed E-state index contributed by atoms with van der Waals surface area (Å²) in [4.78, 5) is 4.25.